The molecule has 1 fully saturated rings. The lowest BCUT2D eigenvalue weighted by molar-refractivity contribution is -0.00461. The van der Waals surface area contributed by atoms with Crippen LogP contribution in [0.3, 0.4) is 0 Å². The number of anilines is 1. The first-order valence-corrected chi connectivity index (χ1v) is 6.10. The molecule has 0 bridgehead atoms. The van der Waals surface area contributed by atoms with Gasteiger partial charge in [0.15, 0.2) is 0 Å². The van der Waals surface area contributed by atoms with Gasteiger partial charge in [-0.1, -0.05) is 6.07 Å². The van der Waals surface area contributed by atoms with Gasteiger partial charge in [-0.25, -0.2) is 4.98 Å². The molecule has 1 aromatic rings. The van der Waals surface area contributed by atoms with Gasteiger partial charge in [0.25, 0.3) is 0 Å². The van der Waals surface area contributed by atoms with Crippen LogP contribution in [0.2, 0.25) is 0 Å². The van der Waals surface area contributed by atoms with E-state index in [1.807, 2.05) is 12.1 Å². The summed E-state index contributed by atoms with van der Waals surface area (Å²) < 4.78 is 10.8. The number of methoxy groups -OCH3 is 2. The fraction of sp³-hybridized carbons (Fsp3) is 0.615. The third-order valence-electron chi connectivity index (χ3n) is 3.40. The van der Waals surface area contributed by atoms with Crippen molar-refractivity contribution >= 4 is 5.82 Å². The number of rotatable bonds is 4. The molecule has 0 radical (unpaired) electrons. The van der Waals surface area contributed by atoms with Crippen LogP contribution in [0.15, 0.2) is 18.3 Å². The van der Waals surface area contributed by atoms with Crippen molar-refractivity contribution in [3.8, 4) is 0 Å². The number of aromatic nitrogens is 1. The van der Waals surface area contributed by atoms with Gasteiger partial charge in [-0.15, -0.1) is 0 Å². The molecule has 100 valence electrons. The van der Waals surface area contributed by atoms with Crippen LogP contribution >= 0.6 is 0 Å². The summed E-state index contributed by atoms with van der Waals surface area (Å²) in [5.74, 6) is 0.890. The van der Waals surface area contributed by atoms with Gasteiger partial charge in [0.05, 0.1) is 6.10 Å². The topological polar surface area (TPSA) is 54.8 Å². The first kappa shape index (κ1) is 13.3. The van der Waals surface area contributed by atoms with Crippen molar-refractivity contribution < 1.29 is 14.6 Å². The lowest BCUT2D eigenvalue weighted by Crippen LogP contribution is -2.27. The van der Waals surface area contributed by atoms with E-state index in [0.717, 1.165) is 24.5 Å². The number of ether oxygens (including phenoxy) is 2. The minimum absolute atomic E-state index is 0.0771. The van der Waals surface area contributed by atoms with Crippen molar-refractivity contribution in [1.82, 2.24) is 4.98 Å². The first-order valence-electron chi connectivity index (χ1n) is 6.10. The molecule has 1 aliphatic heterocycles. The highest BCUT2D eigenvalue weighted by atomic mass is 16.5. The van der Waals surface area contributed by atoms with E-state index in [1.54, 1.807) is 27.3 Å². The lowest BCUT2D eigenvalue weighted by atomic mass is 10.2. The molecular formula is C13H20N2O3. The molecule has 3 atom stereocenters. The fourth-order valence-corrected chi connectivity index (χ4v) is 2.22. The molecule has 3 unspecified atom stereocenters. The van der Waals surface area contributed by atoms with E-state index in [2.05, 4.69) is 9.88 Å². The maximum Gasteiger partial charge on any atom is 0.128 e. The quantitative estimate of drug-likeness (QED) is 0.866. The minimum atomic E-state index is -0.483. The fourth-order valence-electron chi connectivity index (χ4n) is 2.22. The Hall–Kier alpha value is -1.17. The molecule has 0 aromatic carbocycles. The average molecular weight is 252 g/mol. The minimum Gasteiger partial charge on any atom is -0.389 e. The van der Waals surface area contributed by atoms with Crippen molar-refractivity contribution in [2.75, 3.05) is 32.2 Å². The molecule has 1 saturated heterocycles. The van der Waals surface area contributed by atoms with E-state index in [0.29, 0.717) is 0 Å². The molecular weight excluding hydrogens is 232 g/mol. The van der Waals surface area contributed by atoms with Crippen LogP contribution in [0, 0.1) is 0 Å². The third kappa shape index (κ3) is 2.63. The van der Waals surface area contributed by atoms with Gasteiger partial charge in [-0.05, 0) is 18.6 Å². The lowest BCUT2D eigenvalue weighted by Gasteiger charge is -2.17. The summed E-state index contributed by atoms with van der Waals surface area (Å²) in [5, 5.41) is 9.45. The highest BCUT2D eigenvalue weighted by molar-refractivity contribution is 5.41. The number of nitrogens with zero attached hydrogens (tertiary/aromatic N) is 2. The molecule has 5 heteroatoms. The predicted molar refractivity (Wildman–Crippen MR) is 68.7 cm³/mol. The second-order valence-corrected chi connectivity index (χ2v) is 4.58. The van der Waals surface area contributed by atoms with Crippen molar-refractivity contribution in [3.63, 3.8) is 0 Å². The van der Waals surface area contributed by atoms with E-state index in [4.69, 9.17) is 9.47 Å². The number of aliphatic hydroxyl groups excluding tert-OH is 1. The molecule has 1 aromatic heterocycles. The largest absolute Gasteiger partial charge is 0.389 e. The molecule has 0 saturated carbocycles. The van der Waals surface area contributed by atoms with Gasteiger partial charge in [-0.3, -0.25) is 0 Å². The summed E-state index contributed by atoms with van der Waals surface area (Å²) >= 11 is 0. The smallest absolute Gasteiger partial charge is 0.128 e. The van der Waals surface area contributed by atoms with Crippen molar-refractivity contribution in [2.24, 2.45) is 0 Å². The van der Waals surface area contributed by atoms with Crippen molar-refractivity contribution in [1.29, 1.82) is 0 Å². The van der Waals surface area contributed by atoms with Crippen LogP contribution < -0.4 is 4.90 Å². The molecule has 5 nitrogen and oxygen atoms in total. The zero-order valence-electron chi connectivity index (χ0n) is 11.0. The highest BCUT2D eigenvalue weighted by Gasteiger charge is 2.33. The highest BCUT2D eigenvalue weighted by Crippen LogP contribution is 2.22. The van der Waals surface area contributed by atoms with Crippen LogP contribution in [-0.4, -0.2) is 49.6 Å². The molecule has 1 N–H and O–H groups in total. The van der Waals surface area contributed by atoms with Gasteiger partial charge in [0, 0.05) is 33.5 Å². The van der Waals surface area contributed by atoms with Crippen molar-refractivity contribution in [2.45, 2.75) is 25.2 Å². The third-order valence-corrected chi connectivity index (χ3v) is 3.40. The zero-order chi connectivity index (χ0) is 13.1. The summed E-state index contributed by atoms with van der Waals surface area (Å²) in [6.07, 6.45) is 1.38. The Labute approximate surface area is 107 Å². The summed E-state index contributed by atoms with van der Waals surface area (Å²) in [4.78, 5) is 6.51. The van der Waals surface area contributed by atoms with Crippen LogP contribution in [0.1, 0.15) is 18.6 Å². The Morgan fingerprint density at radius 1 is 1.28 bits per heavy atom. The van der Waals surface area contributed by atoms with Gasteiger partial charge < -0.3 is 19.5 Å². The summed E-state index contributed by atoms with van der Waals surface area (Å²) in [6, 6.07) is 3.82. The normalized spacial score (nSPS) is 25.4. The molecule has 2 rings (SSSR count). The first-order chi connectivity index (χ1) is 8.65. The zero-order valence-corrected chi connectivity index (χ0v) is 11.0. The maximum atomic E-state index is 9.45. The molecule has 1 aliphatic rings. The van der Waals surface area contributed by atoms with E-state index in [1.165, 1.54) is 0 Å². The molecule has 0 amide bonds. The number of aliphatic hydroxyl groups is 1. The number of pyridine rings is 1. The average Bonchev–Trinajstić information content (AvgIpc) is 2.82. The molecule has 18 heavy (non-hydrogen) atoms. The molecule has 0 aliphatic carbocycles. The second-order valence-electron chi connectivity index (χ2n) is 4.58. The molecule has 0 spiro atoms. The van der Waals surface area contributed by atoms with Crippen molar-refractivity contribution in [3.05, 3.63) is 23.9 Å². The van der Waals surface area contributed by atoms with Gasteiger partial charge >= 0.3 is 0 Å². The summed E-state index contributed by atoms with van der Waals surface area (Å²) in [5.41, 5.74) is 0.824. The van der Waals surface area contributed by atoms with Crippen LogP contribution in [0.5, 0.6) is 0 Å². The van der Waals surface area contributed by atoms with E-state index in [-0.39, 0.29) is 12.2 Å². The van der Waals surface area contributed by atoms with E-state index < -0.39 is 6.10 Å². The van der Waals surface area contributed by atoms with Gasteiger partial charge in [-0.2, -0.15) is 0 Å². The summed E-state index contributed by atoms with van der Waals surface area (Å²) in [6.45, 7) is 3.28. The Balaban J connectivity index is 2.08. The van der Waals surface area contributed by atoms with E-state index in [9.17, 15) is 5.11 Å². The van der Waals surface area contributed by atoms with Crippen LogP contribution in [0.4, 0.5) is 5.82 Å². The number of hydrogen-bond donors (Lipinski definition) is 1. The Morgan fingerprint density at radius 2 is 1.89 bits per heavy atom. The maximum absolute atomic E-state index is 9.45. The predicted octanol–water partition coefficient (Wildman–Crippen LogP) is 0.985. The van der Waals surface area contributed by atoms with Gasteiger partial charge in [0.2, 0.25) is 0 Å². The number of hydrogen-bond acceptors (Lipinski definition) is 5. The second kappa shape index (κ2) is 5.65. The van der Waals surface area contributed by atoms with Gasteiger partial charge in [0.1, 0.15) is 18.0 Å². The SMILES string of the molecule is COC1CN(c2ccc(C(C)O)cn2)CC1OC. The Bertz CT molecular complexity index is 368. The monoisotopic (exact) mass is 252 g/mol. The summed E-state index contributed by atoms with van der Waals surface area (Å²) in [7, 11) is 3.40. The molecule has 2 heterocycles. The van der Waals surface area contributed by atoms with Crippen LogP contribution in [0.25, 0.3) is 0 Å². The van der Waals surface area contributed by atoms with E-state index >= 15 is 0 Å². The van der Waals surface area contributed by atoms with Crippen LogP contribution in [-0.2, 0) is 9.47 Å². The standard InChI is InChI=1S/C13H20N2O3/c1-9(16)10-4-5-13(14-6-10)15-7-11(17-2)12(8-15)18-3/h4-6,9,11-12,16H,7-8H2,1-3H3. The Morgan fingerprint density at radius 3 is 2.28 bits per heavy atom. The Kier molecular flexibility index (Phi) is 4.16.